The van der Waals surface area contributed by atoms with Gasteiger partial charge in [-0.3, -0.25) is 4.99 Å². The Labute approximate surface area is 160 Å². The van der Waals surface area contributed by atoms with Gasteiger partial charge < -0.3 is 15.5 Å². The summed E-state index contributed by atoms with van der Waals surface area (Å²) in [5, 5.41) is 6.08. The first-order chi connectivity index (χ1) is 13.2. The number of hydrogen-bond acceptors (Lipinski definition) is 3. The highest BCUT2D eigenvalue weighted by atomic mass is 16.2. The quantitative estimate of drug-likeness (QED) is 0.816. The van der Waals surface area contributed by atoms with Gasteiger partial charge in [0.1, 0.15) is 5.84 Å². The first-order valence-electron chi connectivity index (χ1n) is 9.14. The molecule has 1 aromatic rings. The fraction of sp³-hybridized carbons (Fsp3) is 0.286. The molecule has 6 heteroatoms. The number of aliphatic imine (C=N–C) groups is 2. The second-order valence-corrected chi connectivity index (χ2v) is 6.22. The average molecular weight is 363 g/mol. The first-order valence-corrected chi connectivity index (χ1v) is 9.14. The van der Waals surface area contributed by atoms with Crippen LogP contribution in [-0.2, 0) is 0 Å². The number of amidine groups is 1. The highest BCUT2D eigenvalue weighted by molar-refractivity contribution is 6.17. The molecular weight excluding hydrogens is 338 g/mol. The molecule has 0 saturated carbocycles. The topological polar surface area (TPSA) is 69.1 Å². The molecular formula is C21H25N5O. The van der Waals surface area contributed by atoms with E-state index in [0.29, 0.717) is 19.6 Å². The lowest BCUT2D eigenvalue weighted by atomic mass is 9.98. The SMILES string of the molecule is C=CC1=C(c2ccccc2)N=C2C=CC(=NCCN(CC)C(=O)NC)NC21. The van der Waals surface area contributed by atoms with Gasteiger partial charge in [0, 0.05) is 31.3 Å². The van der Waals surface area contributed by atoms with Crippen LogP contribution in [-0.4, -0.2) is 55.2 Å². The van der Waals surface area contributed by atoms with E-state index in [1.165, 1.54) is 0 Å². The molecule has 1 atom stereocenters. The zero-order valence-electron chi connectivity index (χ0n) is 15.8. The number of urea groups is 1. The highest BCUT2D eigenvalue weighted by Gasteiger charge is 2.30. The van der Waals surface area contributed by atoms with Crippen molar-refractivity contribution in [3.8, 4) is 0 Å². The molecule has 2 aliphatic heterocycles. The van der Waals surface area contributed by atoms with Crippen molar-refractivity contribution in [2.24, 2.45) is 9.98 Å². The van der Waals surface area contributed by atoms with Gasteiger partial charge in [-0.15, -0.1) is 0 Å². The molecule has 27 heavy (non-hydrogen) atoms. The summed E-state index contributed by atoms with van der Waals surface area (Å²) in [6.45, 7) is 7.68. The van der Waals surface area contributed by atoms with Crippen LogP contribution in [0.2, 0.25) is 0 Å². The number of hydrogen-bond donors (Lipinski definition) is 2. The number of rotatable bonds is 6. The summed E-state index contributed by atoms with van der Waals surface area (Å²) in [4.78, 5) is 22.8. The fourth-order valence-corrected chi connectivity index (χ4v) is 3.19. The molecule has 0 bridgehead atoms. The highest BCUT2D eigenvalue weighted by Crippen LogP contribution is 2.31. The molecule has 1 unspecified atom stereocenters. The number of likely N-dealkylation sites (N-methyl/N-ethyl adjacent to an activating group) is 1. The van der Waals surface area contributed by atoms with E-state index in [0.717, 1.165) is 28.4 Å². The Morgan fingerprint density at radius 2 is 2.15 bits per heavy atom. The second kappa shape index (κ2) is 8.49. The largest absolute Gasteiger partial charge is 0.358 e. The standard InChI is InChI=1S/C21H25N5O/c1-4-16-19(15-9-7-6-8-10-15)24-17-11-12-18(25-20(16)17)23-13-14-26(5-2)21(27)22-3/h4,6-12,20H,1,5,13-14H2,2-3H3,(H,22,27)(H,23,25). The van der Waals surface area contributed by atoms with E-state index in [2.05, 4.69) is 34.3 Å². The molecule has 2 amide bonds. The average Bonchev–Trinajstić information content (AvgIpc) is 3.09. The van der Waals surface area contributed by atoms with E-state index in [1.54, 1.807) is 11.9 Å². The minimum atomic E-state index is -0.0839. The number of carbonyl (C=O) groups excluding carboxylic acids is 1. The van der Waals surface area contributed by atoms with Gasteiger partial charge in [-0.05, 0) is 19.1 Å². The molecule has 0 aliphatic carbocycles. The maximum absolute atomic E-state index is 11.7. The normalized spacial score (nSPS) is 19.4. The molecule has 1 aromatic carbocycles. The number of carbonyl (C=O) groups is 1. The number of nitrogens with one attached hydrogen (secondary N) is 2. The van der Waals surface area contributed by atoms with Crippen LogP contribution < -0.4 is 10.6 Å². The molecule has 0 saturated heterocycles. The van der Waals surface area contributed by atoms with E-state index >= 15 is 0 Å². The smallest absolute Gasteiger partial charge is 0.317 e. The summed E-state index contributed by atoms with van der Waals surface area (Å²) < 4.78 is 0. The maximum Gasteiger partial charge on any atom is 0.317 e. The predicted molar refractivity (Wildman–Crippen MR) is 111 cm³/mol. The zero-order chi connectivity index (χ0) is 19.2. The lowest BCUT2D eigenvalue weighted by Gasteiger charge is -2.22. The summed E-state index contributed by atoms with van der Waals surface area (Å²) in [5.74, 6) is 0.792. The molecule has 2 heterocycles. The van der Waals surface area contributed by atoms with Crippen LogP contribution in [0, 0.1) is 0 Å². The van der Waals surface area contributed by atoms with Crippen LogP contribution in [0.5, 0.6) is 0 Å². The summed E-state index contributed by atoms with van der Waals surface area (Å²) >= 11 is 0. The van der Waals surface area contributed by atoms with Crippen molar-refractivity contribution >= 4 is 23.3 Å². The van der Waals surface area contributed by atoms with E-state index in [9.17, 15) is 4.79 Å². The van der Waals surface area contributed by atoms with Crippen molar-refractivity contribution in [1.82, 2.24) is 15.5 Å². The van der Waals surface area contributed by atoms with Crippen molar-refractivity contribution in [1.29, 1.82) is 0 Å². The summed E-state index contributed by atoms with van der Waals surface area (Å²) in [6.07, 6.45) is 5.79. The van der Waals surface area contributed by atoms with Crippen LogP contribution in [0.25, 0.3) is 5.70 Å². The number of nitrogens with zero attached hydrogens (tertiary/aromatic N) is 3. The van der Waals surface area contributed by atoms with Gasteiger partial charge in [-0.25, -0.2) is 9.79 Å². The molecule has 3 rings (SSSR count). The second-order valence-electron chi connectivity index (χ2n) is 6.22. The van der Waals surface area contributed by atoms with Gasteiger partial charge in [-0.1, -0.05) is 43.0 Å². The molecule has 0 aromatic heterocycles. The maximum atomic E-state index is 11.7. The van der Waals surface area contributed by atoms with Crippen LogP contribution in [0.3, 0.4) is 0 Å². The molecule has 6 nitrogen and oxygen atoms in total. The minimum absolute atomic E-state index is 0.0392. The Hall–Kier alpha value is -3.15. The van der Waals surface area contributed by atoms with Crippen molar-refractivity contribution in [2.75, 3.05) is 26.7 Å². The van der Waals surface area contributed by atoms with Crippen molar-refractivity contribution in [3.63, 3.8) is 0 Å². The molecule has 0 fully saturated rings. The molecule has 0 radical (unpaired) electrons. The summed E-state index contributed by atoms with van der Waals surface area (Å²) in [5.41, 5.74) is 4.03. The third-order valence-electron chi connectivity index (χ3n) is 4.63. The molecule has 2 aliphatic rings. The Morgan fingerprint density at radius 1 is 1.37 bits per heavy atom. The third kappa shape index (κ3) is 4.00. The van der Waals surface area contributed by atoms with E-state index in [1.807, 2.05) is 43.4 Å². The van der Waals surface area contributed by atoms with Crippen molar-refractivity contribution in [3.05, 3.63) is 66.3 Å². The Morgan fingerprint density at radius 3 is 2.81 bits per heavy atom. The van der Waals surface area contributed by atoms with Crippen LogP contribution in [0.1, 0.15) is 12.5 Å². The monoisotopic (exact) mass is 363 g/mol. The zero-order valence-corrected chi connectivity index (χ0v) is 15.8. The van der Waals surface area contributed by atoms with Gasteiger partial charge in [0.05, 0.1) is 24.0 Å². The lowest BCUT2D eigenvalue weighted by Crippen LogP contribution is -2.43. The van der Waals surface area contributed by atoms with Crippen LogP contribution in [0.15, 0.2) is 70.7 Å². The van der Waals surface area contributed by atoms with Crippen LogP contribution in [0.4, 0.5) is 4.79 Å². The van der Waals surface area contributed by atoms with E-state index < -0.39 is 0 Å². The third-order valence-corrected chi connectivity index (χ3v) is 4.63. The van der Waals surface area contributed by atoms with E-state index in [-0.39, 0.29) is 12.1 Å². The van der Waals surface area contributed by atoms with Gasteiger partial charge in [0.25, 0.3) is 0 Å². The molecule has 0 spiro atoms. The summed E-state index contributed by atoms with van der Waals surface area (Å²) in [7, 11) is 1.64. The number of fused-ring (bicyclic) bond motifs is 1. The van der Waals surface area contributed by atoms with Crippen LogP contribution >= 0.6 is 0 Å². The predicted octanol–water partition coefficient (Wildman–Crippen LogP) is 2.63. The van der Waals surface area contributed by atoms with Crippen molar-refractivity contribution < 1.29 is 4.79 Å². The number of benzene rings is 1. The van der Waals surface area contributed by atoms with Gasteiger partial charge >= 0.3 is 6.03 Å². The minimum Gasteiger partial charge on any atom is -0.358 e. The van der Waals surface area contributed by atoms with Crippen molar-refractivity contribution in [2.45, 2.75) is 13.0 Å². The fourth-order valence-electron chi connectivity index (χ4n) is 3.19. The Balaban J connectivity index is 1.73. The first kappa shape index (κ1) is 18.6. The number of amides is 2. The summed E-state index contributed by atoms with van der Waals surface area (Å²) in [6, 6.07) is 9.99. The van der Waals surface area contributed by atoms with Gasteiger partial charge in [0.2, 0.25) is 0 Å². The van der Waals surface area contributed by atoms with Gasteiger partial charge in [-0.2, -0.15) is 0 Å². The molecule has 140 valence electrons. The van der Waals surface area contributed by atoms with E-state index in [4.69, 9.17) is 4.99 Å². The Kier molecular flexibility index (Phi) is 5.86. The molecule has 2 N–H and O–H groups in total. The Bertz CT molecular complexity index is 835. The lowest BCUT2D eigenvalue weighted by molar-refractivity contribution is 0.204. The van der Waals surface area contributed by atoms with Gasteiger partial charge in [0.15, 0.2) is 0 Å².